The summed E-state index contributed by atoms with van der Waals surface area (Å²) in [7, 11) is 3.28. The summed E-state index contributed by atoms with van der Waals surface area (Å²) in [5.74, 6) is 1.95. The summed E-state index contributed by atoms with van der Waals surface area (Å²) in [6, 6.07) is 20.3. The van der Waals surface area contributed by atoms with Gasteiger partial charge in [0.1, 0.15) is 11.5 Å². The van der Waals surface area contributed by atoms with Crippen molar-refractivity contribution in [1.29, 1.82) is 0 Å². The van der Waals surface area contributed by atoms with Crippen LogP contribution in [0.25, 0.3) is 11.3 Å². The van der Waals surface area contributed by atoms with E-state index in [2.05, 4.69) is 49.1 Å². The minimum atomic E-state index is -0.173. The lowest BCUT2D eigenvalue weighted by Crippen LogP contribution is -2.40. The van der Waals surface area contributed by atoms with Crippen molar-refractivity contribution in [2.75, 3.05) is 32.2 Å². The lowest BCUT2D eigenvalue weighted by atomic mass is 9.89. The van der Waals surface area contributed by atoms with Gasteiger partial charge in [0.05, 0.1) is 31.5 Å². The average Bonchev–Trinajstić information content (AvgIpc) is 2.84. The molecule has 5 nitrogen and oxygen atoms in total. The van der Waals surface area contributed by atoms with E-state index < -0.39 is 0 Å². The summed E-state index contributed by atoms with van der Waals surface area (Å²) in [4.78, 5) is 19.8. The SMILES string of the molecule is C.COc1ccc(C2CN(c3ccc(OC)nc3-c3ccc(C(C)C)cc3)CCC2=O)cc1. The van der Waals surface area contributed by atoms with Gasteiger partial charge in [-0.3, -0.25) is 4.79 Å². The minimum Gasteiger partial charge on any atom is -0.497 e. The molecule has 1 unspecified atom stereocenters. The number of anilines is 1. The second-order valence-electron chi connectivity index (χ2n) is 8.49. The van der Waals surface area contributed by atoms with Crippen molar-refractivity contribution in [3.63, 3.8) is 0 Å². The van der Waals surface area contributed by atoms with Gasteiger partial charge in [-0.25, -0.2) is 4.98 Å². The molecule has 174 valence electrons. The number of piperidine rings is 1. The Kier molecular flexibility index (Phi) is 7.75. The third-order valence-corrected chi connectivity index (χ3v) is 6.19. The Hall–Kier alpha value is -3.34. The Labute approximate surface area is 197 Å². The molecule has 1 fully saturated rings. The molecule has 0 amide bonds. The maximum Gasteiger partial charge on any atom is 0.213 e. The molecular weight excluding hydrogens is 412 g/mol. The number of pyridine rings is 1. The fraction of sp³-hybridized carbons (Fsp3) is 0.357. The summed E-state index contributed by atoms with van der Waals surface area (Å²) in [6.45, 7) is 5.68. The predicted molar refractivity (Wildman–Crippen MR) is 135 cm³/mol. The number of ether oxygens (including phenoxy) is 2. The van der Waals surface area contributed by atoms with Gasteiger partial charge in [-0.15, -0.1) is 0 Å². The molecule has 2 aromatic carbocycles. The topological polar surface area (TPSA) is 51.7 Å². The summed E-state index contributed by atoms with van der Waals surface area (Å²) in [5.41, 5.74) is 5.25. The Morgan fingerprint density at radius 2 is 1.64 bits per heavy atom. The quantitative estimate of drug-likeness (QED) is 0.459. The molecule has 3 aromatic rings. The average molecular weight is 447 g/mol. The number of Topliss-reactive ketones (excluding diaryl/α,β-unsaturated/α-hetero) is 1. The normalized spacial score (nSPS) is 15.8. The first-order chi connectivity index (χ1) is 15.5. The summed E-state index contributed by atoms with van der Waals surface area (Å²) in [5, 5.41) is 0. The van der Waals surface area contributed by atoms with Gasteiger partial charge in [-0.05, 0) is 35.2 Å². The van der Waals surface area contributed by atoms with Crippen LogP contribution in [0, 0.1) is 0 Å². The van der Waals surface area contributed by atoms with Crippen LogP contribution in [-0.2, 0) is 4.79 Å². The van der Waals surface area contributed by atoms with Crippen LogP contribution in [0.3, 0.4) is 0 Å². The fourth-order valence-electron chi connectivity index (χ4n) is 4.22. The first kappa shape index (κ1) is 24.3. The number of benzene rings is 2. The van der Waals surface area contributed by atoms with Crippen molar-refractivity contribution in [2.45, 2.75) is 39.5 Å². The minimum absolute atomic E-state index is 0. The highest BCUT2D eigenvalue weighted by atomic mass is 16.5. The van der Waals surface area contributed by atoms with E-state index in [0.29, 0.717) is 31.3 Å². The second kappa shape index (κ2) is 10.5. The summed E-state index contributed by atoms with van der Waals surface area (Å²) >= 11 is 0. The third kappa shape index (κ3) is 5.19. The van der Waals surface area contributed by atoms with Gasteiger partial charge in [0.15, 0.2) is 0 Å². The number of methoxy groups -OCH3 is 2. The molecule has 0 bridgehead atoms. The van der Waals surface area contributed by atoms with E-state index in [0.717, 1.165) is 28.3 Å². The maximum absolute atomic E-state index is 12.8. The van der Waals surface area contributed by atoms with Gasteiger partial charge in [0, 0.05) is 31.1 Å². The van der Waals surface area contributed by atoms with Crippen molar-refractivity contribution in [2.24, 2.45) is 0 Å². The molecule has 0 spiro atoms. The number of nitrogens with zero attached hydrogens (tertiary/aromatic N) is 2. The molecule has 2 heterocycles. The predicted octanol–water partition coefficient (Wildman–Crippen LogP) is 6.09. The molecule has 0 saturated carbocycles. The number of hydrogen-bond acceptors (Lipinski definition) is 5. The fourth-order valence-corrected chi connectivity index (χ4v) is 4.22. The lowest BCUT2D eigenvalue weighted by molar-refractivity contribution is -0.120. The molecule has 1 aliphatic heterocycles. The van der Waals surface area contributed by atoms with Gasteiger partial charge in [-0.2, -0.15) is 0 Å². The second-order valence-corrected chi connectivity index (χ2v) is 8.49. The standard InChI is InChI=1S/C27H30N2O3.CH4/c1-18(2)19-5-7-21(8-6-19)27-24(13-14-26(28-27)32-4)29-16-15-25(30)23(17-29)20-9-11-22(31-3)12-10-20;/h5-14,18,23H,15-17H2,1-4H3;1H4. The van der Waals surface area contributed by atoms with Crippen molar-refractivity contribution < 1.29 is 14.3 Å². The number of aromatic nitrogens is 1. The number of hydrogen-bond donors (Lipinski definition) is 0. The van der Waals surface area contributed by atoms with Gasteiger partial charge < -0.3 is 14.4 Å². The van der Waals surface area contributed by atoms with Crippen LogP contribution in [0.2, 0.25) is 0 Å². The Bertz CT molecular complexity index is 1080. The zero-order valence-electron chi connectivity index (χ0n) is 19.2. The van der Waals surface area contributed by atoms with E-state index in [9.17, 15) is 4.79 Å². The molecule has 1 atom stereocenters. The van der Waals surface area contributed by atoms with E-state index in [4.69, 9.17) is 14.5 Å². The maximum atomic E-state index is 12.8. The van der Waals surface area contributed by atoms with Crippen molar-refractivity contribution in [3.8, 4) is 22.9 Å². The van der Waals surface area contributed by atoms with Crippen molar-refractivity contribution >= 4 is 11.5 Å². The van der Waals surface area contributed by atoms with Gasteiger partial charge in [0.25, 0.3) is 0 Å². The lowest BCUT2D eigenvalue weighted by Gasteiger charge is -2.34. The highest BCUT2D eigenvalue weighted by molar-refractivity contribution is 5.89. The van der Waals surface area contributed by atoms with E-state index in [1.807, 2.05) is 30.3 Å². The first-order valence-corrected chi connectivity index (χ1v) is 11.1. The van der Waals surface area contributed by atoms with E-state index in [1.165, 1.54) is 5.56 Å². The largest absolute Gasteiger partial charge is 0.497 e. The van der Waals surface area contributed by atoms with Gasteiger partial charge >= 0.3 is 0 Å². The Morgan fingerprint density at radius 1 is 0.939 bits per heavy atom. The van der Waals surface area contributed by atoms with E-state index in [1.54, 1.807) is 14.2 Å². The van der Waals surface area contributed by atoms with Crippen LogP contribution in [0.15, 0.2) is 60.7 Å². The van der Waals surface area contributed by atoms with Crippen LogP contribution >= 0.6 is 0 Å². The number of rotatable bonds is 6. The summed E-state index contributed by atoms with van der Waals surface area (Å²) in [6.07, 6.45) is 0.508. The molecule has 0 radical (unpaired) electrons. The number of ketones is 1. The molecule has 0 aliphatic carbocycles. The smallest absolute Gasteiger partial charge is 0.213 e. The van der Waals surface area contributed by atoms with E-state index in [-0.39, 0.29) is 19.1 Å². The summed E-state index contributed by atoms with van der Waals surface area (Å²) < 4.78 is 10.7. The zero-order valence-corrected chi connectivity index (χ0v) is 19.2. The van der Waals surface area contributed by atoms with Gasteiger partial charge in [0.2, 0.25) is 5.88 Å². The monoisotopic (exact) mass is 446 g/mol. The first-order valence-electron chi connectivity index (χ1n) is 11.1. The molecular formula is C28H34N2O3. The van der Waals surface area contributed by atoms with Crippen LogP contribution in [-0.4, -0.2) is 38.1 Å². The zero-order chi connectivity index (χ0) is 22.7. The van der Waals surface area contributed by atoms with Crippen molar-refractivity contribution in [3.05, 3.63) is 71.8 Å². The highest BCUT2D eigenvalue weighted by Gasteiger charge is 2.30. The Balaban J connectivity index is 0.00000306. The molecule has 4 rings (SSSR count). The molecule has 5 heteroatoms. The number of carbonyl (C=O) groups excluding carboxylic acids is 1. The molecule has 33 heavy (non-hydrogen) atoms. The van der Waals surface area contributed by atoms with E-state index >= 15 is 0 Å². The molecule has 0 N–H and O–H groups in total. The van der Waals surface area contributed by atoms with Crippen LogP contribution < -0.4 is 14.4 Å². The molecule has 1 saturated heterocycles. The van der Waals surface area contributed by atoms with Crippen LogP contribution in [0.4, 0.5) is 5.69 Å². The van der Waals surface area contributed by atoms with Gasteiger partial charge in [-0.1, -0.05) is 57.7 Å². The number of carbonyl (C=O) groups is 1. The van der Waals surface area contributed by atoms with Crippen LogP contribution in [0.1, 0.15) is 50.7 Å². The van der Waals surface area contributed by atoms with Crippen molar-refractivity contribution in [1.82, 2.24) is 4.98 Å². The Morgan fingerprint density at radius 3 is 2.24 bits per heavy atom. The molecule has 1 aliphatic rings. The highest BCUT2D eigenvalue weighted by Crippen LogP contribution is 2.36. The molecule has 1 aromatic heterocycles. The van der Waals surface area contributed by atoms with Crippen LogP contribution in [0.5, 0.6) is 11.6 Å². The third-order valence-electron chi connectivity index (χ3n) is 6.19.